The molecule has 0 aromatic heterocycles. The summed E-state index contributed by atoms with van der Waals surface area (Å²) in [7, 11) is 0. The Kier molecular flexibility index (Phi) is 8.51. The van der Waals surface area contributed by atoms with Crippen LogP contribution in [0.3, 0.4) is 0 Å². The van der Waals surface area contributed by atoms with Gasteiger partial charge < -0.3 is 9.47 Å². The van der Waals surface area contributed by atoms with Crippen molar-refractivity contribution in [2.24, 2.45) is 0 Å². The average Bonchev–Trinajstić information content (AvgIpc) is 3.02. The summed E-state index contributed by atoms with van der Waals surface area (Å²) in [5.74, 6) is 0.336. The average molecular weight is 476 g/mol. The van der Waals surface area contributed by atoms with Crippen molar-refractivity contribution in [3.8, 4) is 5.75 Å². The smallest absolute Gasteiger partial charge is 0.305 e. The van der Waals surface area contributed by atoms with Gasteiger partial charge in [0.15, 0.2) is 0 Å². The van der Waals surface area contributed by atoms with Crippen LogP contribution in [0.1, 0.15) is 30.9 Å². The minimum atomic E-state index is -0.262. The molecule has 2 aromatic rings. The van der Waals surface area contributed by atoms with Crippen LogP contribution in [-0.4, -0.2) is 34.2 Å². The summed E-state index contributed by atoms with van der Waals surface area (Å²) in [6, 6.07) is 15.0. The van der Waals surface area contributed by atoms with Crippen molar-refractivity contribution in [3.05, 3.63) is 69.6 Å². The Balaban J connectivity index is 1.54. The van der Waals surface area contributed by atoms with Crippen molar-refractivity contribution >= 4 is 57.9 Å². The summed E-state index contributed by atoms with van der Waals surface area (Å²) in [6.07, 6.45) is 2.59. The molecule has 1 fully saturated rings. The molecule has 2 aromatic carbocycles. The van der Waals surface area contributed by atoms with Gasteiger partial charge in [0.25, 0.3) is 5.91 Å². The van der Waals surface area contributed by atoms with Gasteiger partial charge in [0.2, 0.25) is 0 Å². The molecular weight excluding hydrogens is 454 g/mol. The lowest BCUT2D eigenvalue weighted by molar-refractivity contribution is -0.143. The quantitative estimate of drug-likeness (QED) is 0.272. The number of nitrogens with zero attached hydrogens (tertiary/aromatic N) is 1. The molecule has 0 N–H and O–H groups in total. The Morgan fingerprint density at radius 1 is 1.16 bits per heavy atom. The summed E-state index contributed by atoms with van der Waals surface area (Å²) in [5.41, 5.74) is 1.91. The van der Waals surface area contributed by atoms with Gasteiger partial charge in [-0.2, -0.15) is 0 Å². The number of hydrogen-bond acceptors (Lipinski definition) is 6. The van der Waals surface area contributed by atoms with Crippen molar-refractivity contribution < 1.29 is 19.1 Å². The Bertz CT molecular complexity index is 974. The van der Waals surface area contributed by atoms with Gasteiger partial charge in [-0.1, -0.05) is 59.8 Å². The lowest BCUT2D eigenvalue weighted by atomic mass is 10.2. The zero-order valence-corrected chi connectivity index (χ0v) is 19.4. The number of thiocarbonyl (C=S) groups is 1. The van der Waals surface area contributed by atoms with E-state index in [9.17, 15) is 9.59 Å². The first-order chi connectivity index (χ1) is 15.0. The molecule has 0 spiro atoms. The molecular formula is C23H22ClNO4S2. The van der Waals surface area contributed by atoms with E-state index < -0.39 is 0 Å². The molecule has 0 radical (unpaired) electrons. The fraction of sp³-hybridized carbons (Fsp3) is 0.261. The fourth-order valence-corrected chi connectivity index (χ4v) is 4.30. The van der Waals surface area contributed by atoms with Crippen LogP contribution in [0, 0.1) is 0 Å². The number of hydrogen-bond donors (Lipinski definition) is 0. The van der Waals surface area contributed by atoms with Gasteiger partial charge in [-0.05, 0) is 54.8 Å². The van der Waals surface area contributed by atoms with E-state index in [1.54, 1.807) is 6.92 Å². The molecule has 3 rings (SSSR count). The number of ether oxygens (including phenoxy) is 2. The van der Waals surface area contributed by atoms with Crippen molar-refractivity contribution in [2.45, 2.75) is 26.4 Å². The Morgan fingerprint density at radius 3 is 2.55 bits per heavy atom. The van der Waals surface area contributed by atoms with Gasteiger partial charge in [0.1, 0.15) is 16.7 Å². The highest BCUT2D eigenvalue weighted by molar-refractivity contribution is 8.26. The highest BCUT2D eigenvalue weighted by atomic mass is 35.5. The predicted molar refractivity (Wildman–Crippen MR) is 128 cm³/mol. The monoisotopic (exact) mass is 475 g/mol. The van der Waals surface area contributed by atoms with Gasteiger partial charge in [-0.15, -0.1) is 0 Å². The Hall–Kier alpha value is -2.35. The molecule has 0 atom stereocenters. The molecule has 31 heavy (non-hydrogen) atoms. The third kappa shape index (κ3) is 6.82. The number of carbonyl (C=O) groups is 2. The maximum Gasteiger partial charge on any atom is 0.305 e. The second kappa shape index (κ2) is 11.3. The number of rotatable bonds is 9. The number of benzene rings is 2. The van der Waals surface area contributed by atoms with E-state index in [0.717, 1.165) is 16.9 Å². The maximum absolute atomic E-state index is 12.7. The van der Waals surface area contributed by atoms with E-state index in [1.807, 2.05) is 54.6 Å². The van der Waals surface area contributed by atoms with Crippen LogP contribution < -0.4 is 4.74 Å². The first-order valence-corrected chi connectivity index (χ1v) is 11.4. The van der Waals surface area contributed by atoms with Gasteiger partial charge in [-0.3, -0.25) is 14.5 Å². The standard InChI is InChI=1S/C23H22ClNO4S2/c1-2-28-21(26)4-3-13-25-22(27)20(31-23(25)30)14-16-7-11-19(12-8-16)29-15-17-5-9-18(24)10-6-17/h5-12,14H,2-4,13,15H2,1H3/b20-14-. The highest BCUT2D eigenvalue weighted by Crippen LogP contribution is 2.33. The molecule has 1 aliphatic rings. The van der Waals surface area contributed by atoms with Crippen molar-refractivity contribution in [1.29, 1.82) is 0 Å². The molecule has 0 aliphatic carbocycles. The van der Waals surface area contributed by atoms with Gasteiger partial charge in [0, 0.05) is 18.0 Å². The first kappa shape index (κ1) is 23.3. The molecule has 1 aliphatic heterocycles. The number of halogens is 1. The van der Waals surface area contributed by atoms with Crippen LogP contribution in [0.25, 0.3) is 6.08 Å². The minimum absolute atomic E-state index is 0.137. The van der Waals surface area contributed by atoms with E-state index in [4.69, 9.17) is 33.3 Å². The molecule has 0 unspecified atom stereocenters. The maximum atomic E-state index is 12.7. The summed E-state index contributed by atoms with van der Waals surface area (Å²) in [5, 5.41) is 0.692. The highest BCUT2D eigenvalue weighted by Gasteiger charge is 2.31. The molecule has 162 valence electrons. The van der Waals surface area contributed by atoms with E-state index in [0.29, 0.717) is 40.4 Å². The van der Waals surface area contributed by atoms with E-state index >= 15 is 0 Å². The molecule has 8 heteroatoms. The fourth-order valence-electron chi connectivity index (χ4n) is 2.87. The summed E-state index contributed by atoms with van der Waals surface area (Å²) in [4.78, 5) is 26.2. The Morgan fingerprint density at radius 2 is 1.87 bits per heavy atom. The minimum Gasteiger partial charge on any atom is -0.489 e. The van der Waals surface area contributed by atoms with Crippen molar-refractivity contribution in [1.82, 2.24) is 4.90 Å². The molecule has 5 nitrogen and oxygen atoms in total. The van der Waals surface area contributed by atoms with Gasteiger partial charge in [0.05, 0.1) is 11.5 Å². The van der Waals surface area contributed by atoms with E-state index in [-0.39, 0.29) is 18.3 Å². The zero-order valence-electron chi connectivity index (χ0n) is 17.0. The summed E-state index contributed by atoms with van der Waals surface area (Å²) >= 11 is 12.5. The van der Waals surface area contributed by atoms with Gasteiger partial charge >= 0.3 is 5.97 Å². The van der Waals surface area contributed by atoms with E-state index in [2.05, 4.69) is 0 Å². The van der Waals surface area contributed by atoms with E-state index in [1.165, 1.54) is 16.7 Å². The molecule has 0 bridgehead atoms. The normalized spacial score (nSPS) is 14.9. The molecule has 1 heterocycles. The molecule has 0 saturated carbocycles. The van der Waals surface area contributed by atoms with Crippen LogP contribution in [-0.2, 0) is 20.9 Å². The van der Waals surface area contributed by atoms with Crippen LogP contribution in [0.2, 0.25) is 5.02 Å². The molecule has 1 saturated heterocycles. The SMILES string of the molecule is CCOC(=O)CCCN1C(=O)/C(=C/c2ccc(OCc3ccc(Cl)cc3)cc2)SC1=S. The number of esters is 1. The summed E-state index contributed by atoms with van der Waals surface area (Å²) in [6.45, 7) is 2.97. The Labute approximate surface area is 196 Å². The third-order valence-electron chi connectivity index (χ3n) is 4.44. The largest absolute Gasteiger partial charge is 0.489 e. The second-order valence-electron chi connectivity index (χ2n) is 6.73. The second-order valence-corrected chi connectivity index (χ2v) is 8.84. The third-order valence-corrected chi connectivity index (χ3v) is 6.07. The van der Waals surface area contributed by atoms with Crippen LogP contribution in [0.15, 0.2) is 53.4 Å². The number of carbonyl (C=O) groups excluding carboxylic acids is 2. The van der Waals surface area contributed by atoms with Crippen molar-refractivity contribution in [2.75, 3.05) is 13.2 Å². The van der Waals surface area contributed by atoms with Crippen LogP contribution in [0.4, 0.5) is 0 Å². The summed E-state index contributed by atoms with van der Waals surface area (Å²) < 4.78 is 11.2. The lowest BCUT2D eigenvalue weighted by Crippen LogP contribution is -2.29. The molecule has 1 amide bonds. The zero-order chi connectivity index (χ0) is 22.2. The topological polar surface area (TPSA) is 55.8 Å². The number of thioether (sulfide) groups is 1. The number of amides is 1. The lowest BCUT2D eigenvalue weighted by Gasteiger charge is -2.13. The van der Waals surface area contributed by atoms with Crippen LogP contribution >= 0.6 is 35.6 Å². The predicted octanol–water partition coefficient (Wildman–Crippen LogP) is 5.46. The first-order valence-electron chi connectivity index (χ1n) is 9.84. The van der Waals surface area contributed by atoms with Crippen LogP contribution in [0.5, 0.6) is 5.75 Å². The van der Waals surface area contributed by atoms with Crippen molar-refractivity contribution in [3.63, 3.8) is 0 Å². The van der Waals surface area contributed by atoms with Gasteiger partial charge in [-0.25, -0.2) is 0 Å².